The van der Waals surface area contributed by atoms with Gasteiger partial charge in [-0.25, -0.2) is 4.98 Å². The lowest BCUT2D eigenvalue weighted by atomic mass is 10.0. The lowest BCUT2D eigenvalue weighted by Gasteiger charge is -2.13. The van der Waals surface area contributed by atoms with Crippen molar-refractivity contribution in [1.29, 1.82) is 0 Å². The molecule has 0 atom stereocenters. The summed E-state index contributed by atoms with van der Waals surface area (Å²) in [5.74, 6) is 0. The van der Waals surface area contributed by atoms with Crippen molar-refractivity contribution in [2.24, 2.45) is 0 Å². The van der Waals surface area contributed by atoms with Crippen LogP contribution in [0.1, 0.15) is 0 Å². The summed E-state index contributed by atoms with van der Waals surface area (Å²) in [5, 5.41) is 3.61. The van der Waals surface area contributed by atoms with E-state index in [4.69, 9.17) is 9.97 Å². The van der Waals surface area contributed by atoms with Gasteiger partial charge in [-0.1, -0.05) is 115 Å². The molecule has 0 spiro atoms. The Morgan fingerprint density at radius 1 is 0.340 bits per heavy atom. The third kappa shape index (κ3) is 4.54. The third-order valence-corrected chi connectivity index (χ3v) is 9.75. The fraction of sp³-hybridized carbons (Fsp3) is 0. The highest BCUT2D eigenvalue weighted by Crippen LogP contribution is 2.38. The molecule has 4 heteroatoms. The highest BCUT2D eigenvalue weighted by atomic mass is 15.0. The van der Waals surface area contributed by atoms with Crippen LogP contribution in [0.15, 0.2) is 182 Å². The Labute approximate surface area is 289 Å². The summed E-state index contributed by atoms with van der Waals surface area (Å²) in [4.78, 5) is 10.1. The quantitative estimate of drug-likeness (QED) is 0.188. The van der Waals surface area contributed by atoms with Crippen LogP contribution >= 0.6 is 0 Å². The molecule has 50 heavy (non-hydrogen) atoms. The minimum Gasteiger partial charge on any atom is -0.309 e. The molecule has 0 fully saturated rings. The number of pyridine rings is 2. The molecule has 0 saturated carbocycles. The molecule has 0 N–H and O–H groups in total. The van der Waals surface area contributed by atoms with Gasteiger partial charge in [0.25, 0.3) is 0 Å². The minimum atomic E-state index is 0.930. The monoisotopic (exact) mass is 638 g/mol. The van der Waals surface area contributed by atoms with Crippen LogP contribution in [0, 0.1) is 0 Å². The standard InChI is InChI=1S/C46H30N4/c1-4-13-31(14-5-1)40-29-36(30-41(48-40)32-15-6-2-7-16-32)50-43-25-23-33(27-39(43)46-44(50)21-12-26-47-46)34-22-24-38-37-19-10-11-20-42(37)49(45(38)28-34)35-17-8-3-9-18-35/h1-30H. The van der Waals surface area contributed by atoms with E-state index in [1.807, 2.05) is 24.4 Å². The number of hydrogen-bond acceptors (Lipinski definition) is 2. The van der Waals surface area contributed by atoms with Crippen molar-refractivity contribution in [3.8, 4) is 45.0 Å². The summed E-state index contributed by atoms with van der Waals surface area (Å²) < 4.78 is 4.71. The summed E-state index contributed by atoms with van der Waals surface area (Å²) in [6.45, 7) is 0. The molecule has 10 rings (SSSR count). The molecule has 0 unspecified atom stereocenters. The Bertz CT molecular complexity index is 2790. The van der Waals surface area contributed by atoms with Crippen LogP contribution in [-0.4, -0.2) is 19.1 Å². The Morgan fingerprint density at radius 3 is 1.64 bits per heavy atom. The van der Waals surface area contributed by atoms with Gasteiger partial charge in [0, 0.05) is 39.2 Å². The Kier molecular flexibility index (Phi) is 6.46. The summed E-state index contributed by atoms with van der Waals surface area (Å²) in [5.41, 5.74) is 14.1. The van der Waals surface area contributed by atoms with Crippen LogP contribution in [0.2, 0.25) is 0 Å². The first-order chi connectivity index (χ1) is 24.8. The van der Waals surface area contributed by atoms with Gasteiger partial charge in [-0.15, -0.1) is 0 Å². The van der Waals surface area contributed by atoms with Crippen molar-refractivity contribution in [2.75, 3.05) is 0 Å². The molecule has 0 amide bonds. The van der Waals surface area contributed by atoms with Crippen molar-refractivity contribution in [1.82, 2.24) is 19.1 Å². The molecular weight excluding hydrogens is 609 g/mol. The highest BCUT2D eigenvalue weighted by Gasteiger charge is 2.18. The van der Waals surface area contributed by atoms with Crippen LogP contribution in [0.25, 0.3) is 88.8 Å². The van der Waals surface area contributed by atoms with E-state index in [-0.39, 0.29) is 0 Å². The molecule has 0 aliphatic heterocycles. The molecule has 4 heterocycles. The lowest BCUT2D eigenvalue weighted by molar-refractivity contribution is 1.15. The van der Waals surface area contributed by atoms with E-state index < -0.39 is 0 Å². The fourth-order valence-electron chi connectivity index (χ4n) is 7.46. The van der Waals surface area contributed by atoms with Gasteiger partial charge >= 0.3 is 0 Å². The maximum Gasteiger partial charge on any atom is 0.0963 e. The molecule has 0 aliphatic rings. The molecule has 10 aromatic rings. The van der Waals surface area contributed by atoms with E-state index in [0.29, 0.717) is 0 Å². The SMILES string of the molecule is c1ccc(-c2cc(-n3c4ccc(-c5ccc6c7ccccc7n(-c7ccccc7)c6c5)cc4c4ncccc43)cc(-c3ccccc3)n2)cc1. The molecule has 0 saturated heterocycles. The number of fused-ring (bicyclic) bond motifs is 6. The molecule has 0 aliphatic carbocycles. The van der Waals surface area contributed by atoms with Crippen LogP contribution in [-0.2, 0) is 0 Å². The van der Waals surface area contributed by atoms with Crippen molar-refractivity contribution in [3.05, 3.63) is 182 Å². The second-order valence-electron chi connectivity index (χ2n) is 12.7. The zero-order valence-corrected chi connectivity index (χ0v) is 27.1. The van der Waals surface area contributed by atoms with E-state index in [0.717, 1.165) is 67.0 Å². The molecule has 0 bridgehead atoms. The van der Waals surface area contributed by atoms with Gasteiger partial charge in [0.1, 0.15) is 0 Å². The largest absolute Gasteiger partial charge is 0.309 e. The Morgan fingerprint density at radius 2 is 0.900 bits per heavy atom. The van der Waals surface area contributed by atoms with Gasteiger partial charge in [-0.3, -0.25) is 4.98 Å². The summed E-state index contributed by atoms with van der Waals surface area (Å²) in [6, 6.07) is 62.3. The Balaban J connectivity index is 1.18. The summed E-state index contributed by atoms with van der Waals surface area (Å²) in [7, 11) is 0. The Hall–Kier alpha value is -6.78. The predicted octanol–water partition coefficient (Wildman–Crippen LogP) is 11.7. The van der Waals surface area contributed by atoms with E-state index in [1.54, 1.807) is 0 Å². The number of aromatic nitrogens is 4. The summed E-state index contributed by atoms with van der Waals surface area (Å²) in [6.07, 6.45) is 1.89. The zero-order valence-electron chi connectivity index (χ0n) is 27.1. The van der Waals surface area contributed by atoms with Gasteiger partial charge in [0.2, 0.25) is 0 Å². The summed E-state index contributed by atoms with van der Waals surface area (Å²) >= 11 is 0. The van der Waals surface area contributed by atoms with Crippen LogP contribution < -0.4 is 0 Å². The molecule has 0 radical (unpaired) electrons. The zero-order chi connectivity index (χ0) is 33.0. The highest BCUT2D eigenvalue weighted by molar-refractivity contribution is 6.11. The molecular formula is C46H30N4. The maximum atomic E-state index is 5.14. The van der Waals surface area contributed by atoms with Gasteiger partial charge in [0.05, 0.1) is 44.7 Å². The van der Waals surface area contributed by atoms with Crippen molar-refractivity contribution >= 4 is 43.7 Å². The number of rotatable bonds is 5. The second-order valence-corrected chi connectivity index (χ2v) is 12.7. The van der Waals surface area contributed by atoms with Gasteiger partial charge < -0.3 is 9.13 Å². The first-order valence-corrected chi connectivity index (χ1v) is 16.9. The normalized spacial score (nSPS) is 11.6. The average Bonchev–Trinajstić information content (AvgIpc) is 3.71. The topological polar surface area (TPSA) is 35.6 Å². The van der Waals surface area contributed by atoms with E-state index >= 15 is 0 Å². The van der Waals surface area contributed by atoms with Crippen molar-refractivity contribution in [2.45, 2.75) is 0 Å². The number of para-hydroxylation sites is 2. The molecule has 234 valence electrons. The number of hydrogen-bond donors (Lipinski definition) is 0. The van der Waals surface area contributed by atoms with Crippen LogP contribution in [0.4, 0.5) is 0 Å². The molecule has 4 aromatic heterocycles. The van der Waals surface area contributed by atoms with Crippen LogP contribution in [0.3, 0.4) is 0 Å². The van der Waals surface area contributed by atoms with E-state index in [1.165, 1.54) is 21.8 Å². The minimum absolute atomic E-state index is 0.930. The maximum absolute atomic E-state index is 5.14. The molecule has 6 aromatic carbocycles. The van der Waals surface area contributed by atoms with Gasteiger partial charge in [-0.05, 0) is 71.8 Å². The third-order valence-electron chi connectivity index (χ3n) is 9.75. The first-order valence-electron chi connectivity index (χ1n) is 16.9. The van der Waals surface area contributed by atoms with Crippen molar-refractivity contribution < 1.29 is 0 Å². The first kappa shape index (κ1) is 28.3. The average molecular weight is 639 g/mol. The van der Waals surface area contributed by atoms with Crippen molar-refractivity contribution in [3.63, 3.8) is 0 Å². The lowest BCUT2D eigenvalue weighted by Crippen LogP contribution is -1.98. The molecule has 4 nitrogen and oxygen atoms in total. The van der Waals surface area contributed by atoms with E-state index in [2.05, 4.69) is 167 Å². The fourth-order valence-corrected chi connectivity index (χ4v) is 7.46. The predicted molar refractivity (Wildman–Crippen MR) is 207 cm³/mol. The van der Waals surface area contributed by atoms with Crippen LogP contribution in [0.5, 0.6) is 0 Å². The van der Waals surface area contributed by atoms with E-state index in [9.17, 15) is 0 Å². The van der Waals surface area contributed by atoms with Gasteiger partial charge in [-0.2, -0.15) is 0 Å². The number of nitrogens with zero attached hydrogens (tertiary/aromatic N) is 4. The second kappa shape index (κ2) is 11.4. The number of benzene rings is 6. The smallest absolute Gasteiger partial charge is 0.0963 e. The van der Waals surface area contributed by atoms with Gasteiger partial charge in [0.15, 0.2) is 0 Å².